The van der Waals surface area contributed by atoms with Crippen LogP contribution in [0.4, 0.5) is 4.39 Å². The van der Waals surface area contributed by atoms with Gasteiger partial charge < -0.3 is 9.84 Å². The third-order valence-corrected chi connectivity index (χ3v) is 2.82. The highest BCUT2D eigenvalue weighted by Gasteiger charge is 2.35. The van der Waals surface area contributed by atoms with E-state index >= 15 is 0 Å². The van der Waals surface area contributed by atoms with Crippen LogP contribution in [0.25, 0.3) is 10.4 Å². The molecule has 10 heteroatoms. The topological polar surface area (TPSA) is 133 Å². The Bertz CT molecular complexity index is 634. The van der Waals surface area contributed by atoms with Crippen molar-refractivity contribution in [3.8, 4) is 0 Å². The molecule has 2 N–H and O–H groups in total. The molecule has 1 aromatic heterocycles. The second-order valence-corrected chi connectivity index (χ2v) is 3.96. The summed E-state index contributed by atoms with van der Waals surface area (Å²) in [7, 11) is 0. The fraction of sp³-hybridized carbons (Fsp3) is 0.556. The number of H-pyrrole nitrogens is 1. The van der Waals surface area contributed by atoms with Gasteiger partial charge in [-0.1, -0.05) is 5.11 Å². The molecule has 0 aliphatic carbocycles. The number of nitrogens with one attached hydrogen (secondary N) is 1. The summed E-state index contributed by atoms with van der Waals surface area (Å²) in [4.78, 5) is 26.8. The number of ether oxygens (including phenoxy) is 1. The zero-order valence-corrected chi connectivity index (χ0v) is 9.56. The molecule has 0 spiro atoms. The smallest absolute Gasteiger partial charge is 0.330 e. The lowest BCUT2D eigenvalue weighted by molar-refractivity contribution is -0.0275. The van der Waals surface area contributed by atoms with E-state index in [9.17, 15) is 14.0 Å². The molecule has 0 amide bonds. The first-order valence-electron chi connectivity index (χ1n) is 5.38. The lowest BCUT2D eigenvalue weighted by Crippen LogP contribution is -2.34. The standard InChI is InChI=1S/C9H10FN5O4/c10-4-2-15(9(18)12-8(4)17)7-1-5(13-14-11)6(3-16)19-7/h2,5-7,16H,1,3H2,(H,12,17,18)/t5?,6-,7-/m0/s1. The highest BCUT2D eigenvalue weighted by atomic mass is 19.1. The van der Waals surface area contributed by atoms with Gasteiger partial charge in [0.15, 0.2) is 0 Å². The zero-order valence-electron chi connectivity index (χ0n) is 9.56. The molecule has 9 nitrogen and oxygen atoms in total. The van der Waals surface area contributed by atoms with E-state index in [0.29, 0.717) is 0 Å². The number of azide groups is 1. The third-order valence-electron chi connectivity index (χ3n) is 2.82. The summed E-state index contributed by atoms with van der Waals surface area (Å²) in [6, 6.07) is -0.665. The molecule has 1 saturated heterocycles. The van der Waals surface area contributed by atoms with Crippen LogP contribution in [-0.2, 0) is 4.74 Å². The Morgan fingerprint density at radius 2 is 2.42 bits per heavy atom. The molecule has 1 fully saturated rings. The second kappa shape index (κ2) is 5.22. The van der Waals surface area contributed by atoms with Crippen molar-refractivity contribution in [2.24, 2.45) is 5.11 Å². The molecule has 1 aliphatic rings. The molecule has 2 rings (SSSR count). The lowest BCUT2D eigenvalue weighted by atomic mass is 10.1. The average molecular weight is 271 g/mol. The number of hydrogen-bond donors (Lipinski definition) is 2. The van der Waals surface area contributed by atoms with Crippen LogP contribution in [0.15, 0.2) is 20.9 Å². The van der Waals surface area contributed by atoms with E-state index in [1.54, 1.807) is 4.98 Å². The number of aliphatic hydroxyl groups excluding tert-OH is 1. The van der Waals surface area contributed by atoms with Crippen LogP contribution in [-0.4, -0.2) is 33.4 Å². The summed E-state index contributed by atoms with van der Waals surface area (Å²) in [5.74, 6) is -1.13. The van der Waals surface area contributed by atoms with E-state index in [4.69, 9.17) is 15.4 Å². The highest BCUT2D eigenvalue weighted by molar-refractivity contribution is 4.92. The SMILES string of the molecule is [N-]=[N+]=NC1C[C@@H](n2cc(F)c(=O)[nH]c2=O)O[C@H]1CO. The molecule has 1 aliphatic heterocycles. The summed E-state index contributed by atoms with van der Waals surface area (Å²) < 4.78 is 19.3. The maximum Gasteiger partial charge on any atom is 0.330 e. The highest BCUT2D eigenvalue weighted by Crippen LogP contribution is 2.29. The molecule has 0 saturated carbocycles. The Labute approximate surface area is 104 Å². The first-order valence-corrected chi connectivity index (χ1v) is 5.38. The van der Waals surface area contributed by atoms with Crippen LogP contribution in [0, 0.1) is 5.82 Å². The van der Waals surface area contributed by atoms with Crippen LogP contribution in [0.1, 0.15) is 12.6 Å². The number of aromatic nitrogens is 2. The largest absolute Gasteiger partial charge is 0.394 e. The average Bonchev–Trinajstić information content (AvgIpc) is 2.77. The summed E-state index contributed by atoms with van der Waals surface area (Å²) in [6.07, 6.45) is -0.867. The minimum absolute atomic E-state index is 0.0979. The first-order chi connectivity index (χ1) is 9.06. The Kier molecular flexibility index (Phi) is 3.65. The lowest BCUT2D eigenvalue weighted by Gasteiger charge is -2.14. The summed E-state index contributed by atoms with van der Waals surface area (Å²) in [6.45, 7) is -0.402. The van der Waals surface area contributed by atoms with Gasteiger partial charge in [0.25, 0.3) is 5.56 Å². The van der Waals surface area contributed by atoms with Crippen molar-refractivity contribution in [1.29, 1.82) is 0 Å². The Morgan fingerprint density at radius 3 is 3.05 bits per heavy atom. The molecule has 0 radical (unpaired) electrons. The number of nitrogens with zero attached hydrogens (tertiary/aromatic N) is 4. The van der Waals surface area contributed by atoms with Gasteiger partial charge in [-0.25, -0.2) is 4.79 Å². The van der Waals surface area contributed by atoms with Crippen LogP contribution in [0.3, 0.4) is 0 Å². The minimum Gasteiger partial charge on any atom is -0.394 e. The van der Waals surface area contributed by atoms with Crippen LogP contribution >= 0.6 is 0 Å². The van der Waals surface area contributed by atoms with Gasteiger partial charge in [-0.3, -0.25) is 14.3 Å². The van der Waals surface area contributed by atoms with Crippen LogP contribution < -0.4 is 11.2 Å². The molecule has 0 bridgehead atoms. The number of hydrogen-bond acceptors (Lipinski definition) is 5. The maximum atomic E-state index is 13.1. The van der Waals surface area contributed by atoms with Gasteiger partial charge in [0.2, 0.25) is 5.82 Å². The summed E-state index contributed by atoms with van der Waals surface area (Å²) >= 11 is 0. The Hall–Kier alpha value is -2.16. The summed E-state index contributed by atoms with van der Waals surface area (Å²) in [5.41, 5.74) is 6.42. The van der Waals surface area contributed by atoms with E-state index in [1.807, 2.05) is 0 Å². The van der Waals surface area contributed by atoms with E-state index in [2.05, 4.69) is 10.0 Å². The number of aromatic amines is 1. The van der Waals surface area contributed by atoms with E-state index in [1.165, 1.54) is 0 Å². The zero-order chi connectivity index (χ0) is 14.0. The third kappa shape index (κ3) is 2.50. The van der Waals surface area contributed by atoms with Gasteiger partial charge >= 0.3 is 5.69 Å². The molecular weight excluding hydrogens is 261 g/mol. The van der Waals surface area contributed by atoms with Crippen molar-refractivity contribution in [1.82, 2.24) is 9.55 Å². The van der Waals surface area contributed by atoms with Gasteiger partial charge in [0.05, 0.1) is 24.9 Å². The molecule has 2 heterocycles. The normalized spacial score (nSPS) is 26.1. The molecule has 1 aromatic rings. The van der Waals surface area contributed by atoms with E-state index in [-0.39, 0.29) is 6.42 Å². The molecule has 3 atom stereocenters. The number of aliphatic hydroxyl groups is 1. The predicted molar refractivity (Wildman–Crippen MR) is 59.8 cm³/mol. The number of halogens is 1. The second-order valence-electron chi connectivity index (χ2n) is 3.96. The Balaban J connectivity index is 2.34. The van der Waals surface area contributed by atoms with Crippen molar-refractivity contribution in [2.45, 2.75) is 24.8 Å². The van der Waals surface area contributed by atoms with Crippen LogP contribution in [0.2, 0.25) is 0 Å². The predicted octanol–water partition coefficient (Wildman–Crippen LogP) is -0.366. The first kappa shape index (κ1) is 13.3. The van der Waals surface area contributed by atoms with Crippen molar-refractivity contribution >= 4 is 0 Å². The van der Waals surface area contributed by atoms with Crippen molar-refractivity contribution in [2.75, 3.05) is 6.61 Å². The molecule has 1 unspecified atom stereocenters. The van der Waals surface area contributed by atoms with E-state index in [0.717, 1.165) is 10.8 Å². The maximum absolute atomic E-state index is 13.1. The Morgan fingerprint density at radius 1 is 1.68 bits per heavy atom. The quantitative estimate of drug-likeness (QED) is 0.441. The fourth-order valence-corrected chi connectivity index (χ4v) is 1.91. The van der Waals surface area contributed by atoms with Crippen LogP contribution in [0.5, 0.6) is 0 Å². The van der Waals surface area contributed by atoms with Gasteiger partial charge in [0.1, 0.15) is 6.23 Å². The van der Waals surface area contributed by atoms with E-state index < -0.39 is 42.0 Å². The minimum atomic E-state index is -1.13. The van der Waals surface area contributed by atoms with Gasteiger partial charge in [-0.15, -0.1) is 0 Å². The molecule has 0 aromatic carbocycles. The van der Waals surface area contributed by atoms with Gasteiger partial charge in [-0.2, -0.15) is 4.39 Å². The molecule has 19 heavy (non-hydrogen) atoms. The van der Waals surface area contributed by atoms with Crippen molar-refractivity contribution < 1.29 is 14.2 Å². The van der Waals surface area contributed by atoms with Crippen molar-refractivity contribution in [3.05, 3.63) is 43.3 Å². The van der Waals surface area contributed by atoms with Gasteiger partial charge in [-0.05, 0) is 5.53 Å². The number of rotatable bonds is 3. The molecular formula is C9H10FN5O4. The molecule has 102 valence electrons. The van der Waals surface area contributed by atoms with Crippen molar-refractivity contribution in [3.63, 3.8) is 0 Å². The summed E-state index contributed by atoms with van der Waals surface area (Å²) in [5, 5.41) is 12.5. The van der Waals surface area contributed by atoms with Gasteiger partial charge in [0, 0.05) is 11.3 Å². The monoisotopic (exact) mass is 271 g/mol. The fourth-order valence-electron chi connectivity index (χ4n) is 1.91.